The van der Waals surface area contributed by atoms with E-state index in [1.54, 1.807) is 20.2 Å². The molecule has 0 fully saturated rings. The molecule has 100 valence electrons. The van der Waals surface area contributed by atoms with E-state index in [9.17, 15) is 5.11 Å². The highest BCUT2D eigenvalue weighted by Gasteiger charge is 2.08. The summed E-state index contributed by atoms with van der Waals surface area (Å²) >= 11 is 0. The van der Waals surface area contributed by atoms with E-state index < -0.39 is 6.10 Å². The zero-order valence-corrected chi connectivity index (χ0v) is 11.4. The quantitative estimate of drug-likeness (QED) is 0.916. The van der Waals surface area contributed by atoms with Gasteiger partial charge >= 0.3 is 0 Å². The van der Waals surface area contributed by atoms with E-state index in [1.165, 1.54) is 0 Å². The Hall–Kier alpha value is -2.07. The van der Waals surface area contributed by atoms with Gasteiger partial charge in [0.05, 0.1) is 13.2 Å². The van der Waals surface area contributed by atoms with Crippen LogP contribution in [-0.4, -0.2) is 24.2 Å². The molecular formula is C15H18N2O2. The van der Waals surface area contributed by atoms with Gasteiger partial charge in [0.25, 0.3) is 0 Å². The zero-order valence-electron chi connectivity index (χ0n) is 11.4. The second kappa shape index (κ2) is 5.71. The SMILES string of the molecule is COc1ccc(N(C)c2cc(C(C)O)ccn2)cc1. The van der Waals surface area contributed by atoms with Crippen LogP contribution in [0.1, 0.15) is 18.6 Å². The van der Waals surface area contributed by atoms with Crippen molar-refractivity contribution in [3.63, 3.8) is 0 Å². The minimum atomic E-state index is -0.494. The molecule has 0 radical (unpaired) electrons. The largest absolute Gasteiger partial charge is 0.497 e. The van der Waals surface area contributed by atoms with E-state index in [-0.39, 0.29) is 0 Å². The lowest BCUT2D eigenvalue weighted by molar-refractivity contribution is 0.199. The van der Waals surface area contributed by atoms with Crippen molar-refractivity contribution in [1.29, 1.82) is 0 Å². The number of aliphatic hydroxyl groups is 1. The van der Waals surface area contributed by atoms with E-state index in [0.29, 0.717) is 0 Å². The molecule has 2 aromatic rings. The Morgan fingerprint density at radius 2 is 1.89 bits per heavy atom. The molecule has 2 rings (SSSR count). The Labute approximate surface area is 113 Å². The smallest absolute Gasteiger partial charge is 0.133 e. The fourth-order valence-corrected chi connectivity index (χ4v) is 1.82. The number of pyridine rings is 1. The first-order chi connectivity index (χ1) is 9.11. The fourth-order valence-electron chi connectivity index (χ4n) is 1.82. The first-order valence-corrected chi connectivity index (χ1v) is 6.13. The summed E-state index contributed by atoms with van der Waals surface area (Å²) in [5.74, 6) is 1.62. The standard InChI is InChI=1S/C15H18N2O2/c1-11(18)12-8-9-16-15(10-12)17(2)13-4-6-14(19-3)7-5-13/h4-11,18H,1-3H3. The summed E-state index contributed by atoms with van der Waals surface area (Å²) in [6.45, 7) is 1.74. The summed E-state index contributed by atoms with van der Waals surface area (Å²) in [4.78, 5) is 6.29. The van der Waals surface area contributed by atoms with Crippen LogP contribution in [0, 0.1) is 0 Å². The number of anilines is 2. The highest BCUT2D eigenvalue weighted by Crippen LogP contribution is 2.25. The lowest BCUT2D eigenvalue weighted by atomic mass is 10.1. The van der Waals surface area contributed by atoms with Crippen LogP contribution in [0.4, 0.5) is 11.5 Å². The van der Waals surface area contributed by atoms with Gasteiger partial charge in [0.15, 0.2) is 0 Å². The molecule has 4 nitrogen and oxygen atoms in total. The molecule has 1 aromatic heterocycles. The van der Waals surface area contributed by atoms with Crippen LogP contribution in [0.2, 0.25) is 0 Å². The van der Waals surface area contributed by atoms with Gasteiger partial charge in [-0.1, -0.05) is 0 Å². The van der Waals surface area contributed by atoms with Crippen LogP contribution in [0.3, 0.4) is 0 Å². The van der Waals surface area contributed by atoms with Gasteiger partial charge in [-0.25, -0.2) is 4.98 Å². The molecule has 1 N–H and O–H groups in total. The number of aliphatic hydroxyl groups excluding tert-OH is 1. The Balaban J connectivity index is 2.27. The van der Waals surface area contributed by atoms with E-state index >= 15 is 0 Å². The number of benzene rings is 1. The van der Waals surface area contributed by atoms with Crippen molar-refractivity contribution in [2.75, 3.05) is 19.1 Å². The molecule has 0 aliphatic rings. The summed E-state index contributed by atoms with van der Waals surface area (Å²) in [5, 5.41) is 9.61. The predicted octanol–water partition coefficient (Wildman–Crippen LogP) is 2.91. The Morgan fingerprint density at radius 1 is 1.21 bits per heavy atom. The minimum absolute atomic E-state index is 0.494. The number of ether oxygens (including phenoxy) is 1. The Bertz CT molecular complexity index is 538. The van der Waals surface area contributed by atoms with Crippen LogP contribution in [0.5, 0.6) is 5.75 Å². The summed E-state index contributed by atoms with van der Waals surface area (Å²) in [6, 6.07) is 11.4. The molecule has 0 saturated heterocycles. The van der Waals surface area contributed by atoms with E-state index in [2.05, 4.69) is 4.98 Å². The number of methoxy groups -OCH3 is 1. The third-order valence-corrected chi connectivity index (χ3v) is 3.06. The van der Waals surface area contributed by atoms with E-state index in [1.807, 2.05) is 48.3 Å². The average molecular weight is 258 g/mol. The van der Waals surface area contributed by atoms with Gasteiger partial charge in [-0.2, -0.15) is 0 Å². The molecule has 1 heterocycles. The normalized spacial score (nSPS) is 12.0. The van der Waals surface area contributed by atoms with Gasteiger partial charge in [-0.05, 0) is 48.9 Å². The van der Waals surface area contributed by atoms with E-state index in [4.69, 9.17) is 4.74 Å². The monoisotopic (exact) mass is 258 g/mol. The van der Waals surface area contributed by atoms with Crippen molar-refractivity contribution in [1.82, 2.24) is 4.98 Å². The zero-order chi connectivity index (χ0) is 13.8. The average Bonchev–Trinajstić information content (AvgIpc) is 2.46. The van der Waals surface area contributed by atoms with Crippen LogP contribution in [0.15, 0.2) is 42.6 Å². The Morgan fingerprint density at radius 3 is 2.47 bits per heavy atom. The van der Waals surface area contributed by atoms with Crippen molar-refractivity contribution < 1.29 is 9.84 Å². The molecule has 0 aliphatic heterocycles. The van der Waals surface area contributed by atoms with Crippen LogP contribution < -0.4 is 9.64 Å². The third kappa shape index (κ3) is 3.03. The van der Waals surface area contributed by atoms with Gasteiger partial charge in [-0.15, -0.1) is 0 Å². The van der Waals surface area contributed by atoms with Crippen molar-refractivity contribution in [2.24, 2.45) is 0 Å². The Kier molecular flexibility index (Phi) is 4.02. The molecule has 1 unspecified atom stereocenters. The van der Waals surface area contributed by atoms with Crippen LogP contribution in [0.25, 0.3) is 0 Å². The molecule has 0 amide bonds. The highest BCUT2D eigenvalue weighted by atomic mass is 16.5. The van der Waals surface area contributed by atoms with Crippen LogP contribution >= 0.6 is 0 Å². The minimum Gasteiger partial charge on any atom is -0.497 e. The van der Waals surface area contributed by atoms with Gasteiger partial charge in [-0.3, -0.25) is 0 Å². The van der Waals surface area contributed by atoms with Gasteiger partial charge < -0.3 is 14.7 Å². The fraction of sp³-hybridized carbons (Fsp3) is 0.267. The van der Waals surface area contributed by atoms with Gasteiger partial charge in [0.1, 0.15) is 11.6 Å². The highest BCUT2D eigenvalue weighted by molar-refractivity contribution is 5.60. The molecule has 19 heavy (non-hydrogen) atoms. The first-order valence-electron chi connectivity index (χ1n) is 6.13. The summed E-state index contributed by atoms with van der Waals surface area (Å²) in [7, 11) is 3.59. The third-order valence-electron chi connectivity index (χ3n) is 3.06. The first kappa shape index (κ1) is 13.4. The van der Waals surface area contributed by atoms with Gasteiger partial charge in [0.2, 0.25) is 0 Å². The number of hydrogen-bond acceptors (Lipinski definition) is 4. The number of aromatic nitrogens is 1. The molecule has 0 aliphatic carbocycles. The topological polar surface area (TPSA) is 45.6 Å². The molecule has 0 spiro atoms. The number of hydrogen-bond donors (Lipinski definition) is 1. The molecule has 0 saturated carbocycles. The molecule has 4 heteroatoms. The lowest BCUT2D eigenvalue weighted by Crippen LogP contribution is -2.11. The summed E-state index contributed by atoms with van der Waals surface area (Å²) < 4.78 is 5.14. The van der Waals surface area contributed by atoms with Crippen molar-refractivity contribution in [2.45, 2.75) is 13.0 Å². The molecule has 1 atom stereocenters. The summed E-state index contributed by atoms with van der Waals surface area (Å²) in [5.41, 5.74) is 1.86. The maximum absolute atomic E-state index is 9.61. The van der Waals surface area contributed by atoms with Crippen LogP contribution in [-0.2, 0) is 0 Å². The number of nitrogens with zero attached hydrogens (tertiary/aromatic N) is 2. The second-order valence-corrected chi connectivity index (χ2v) is 4.38. The van der Waals surface area contributed by atoms with Crippen molar-refractivity contribution >= 4 is 11.5 Å². The predicted molar refractivity (Wildman–Crippen MR) is 75.9 cm³/mol. The maximum atomic E-state index is 9.61. The van der Waals surface area contributed by atoms with Crippen molar-refractivity contribution in [3.8, 4) is 5.75 Å². The maximum Gasteiger partial charge on any atom is 0.133 e. The van der Waals surface area contributed by atoms with E-state index in [0.717, 1.165) is 22.8 Å². The molecular weight excluding hydrogens is 240 g/mol. The molecule has 1 aromatic carbocycles. The lowest BCUT2D eigenvalue weighted by Gasteiger charge is -2.19. The summed E-state index contributed by atoms with van der Waals surface area (Å²) in [6.07, 6.45) is 1.21. The number of rotatable bonds is 4. The van der Waals surface area contributed by atoms with Gasteiger partial charge in [0, 0.05) is 18.9 Å². The van der Waals surface area contributed by atoms with Crippen molar-refractivity contribution in [3.05, 3.63) is 48.2 Å². The second-order valence-electron chi connectivity index (χ2n) is 4.38. The molecule has 0 bridgehead atoms.